The Balaban J connectivity index is 1.65. The van der Waals surface area contributed by atoms with Crippen LogP contribution in [-0.4, -0.2) is 0 Å². The molecule has 0 aliphatic heterocycles. The summed E-state index contributed by atoms with van der Waals surface area (Å²) in [6, 6.07) is 34.7. The number of rotatable bonds is 2. The normalized spacial score (nSPS) is 18.6. The average molecular weight is 692 g/mol. The summed E-state index contributed by atoms with van der Waals surface area (Å²) in [4.78, 5) is 1.38. The number of hydrogen-bond donors (Lipinski definition) is 0. The van der Waals surface area contributed by atoms with Gasteiger partial charge in [-0.15, -0.1) is 11.3 Å². The summed E-state index contributed by atoms with van der Waals surface area (Å²) in [6.45, 7) is 4.77. The maximum Gasteiger partial charge on any atom is 0.0807 e. The summed E-state index contributed by atoms with van der Waals surface area (Å²) in [5, 5.41) is 2.22. The van der Waals surface area contributed by atoms with Crippen molar-refractivity contribution in [3.63, 3.8) is 0 Å². The van der Waals surface area contributed by atoms with Crippen LogP contribution in [0.2, 0.25) is 0 Å². The van der Waals surface area contributed by atoms with Gasteiger partial charge in [0.15, 0.2) is 0 Å². The van der Waals surface area contributed by atoms with Crippen molar-refractivity contribution in [2.45, 2.75) is 24.7 Å². The maximum atomic E-state index is 2.53. The molecule has 0 fully saturated rings. The molecule has 0 saturated carbocycles. The molecule has 0 nitrogen and oxygen atoms in total. The van der Waals surface area contributed by atoms with E-state index >= 15 is 0 Å². The predicted octanol–water partition coefficient (Wildman–Crippen LogP) is 9.63. The van der Waals surface area contributed by atoms with Gasteiger partial charge in [-0.1, -0.05) is 62.4 Å². The lowest BCUT2D eigenvalue weighted by Gasteiger charge is -2.33. The summed E-state index contributed by atoms with van der Waals surface area (Å²) in [7, 11) is 0. The summed E-state index contributed by atoms with van der Waals surface area (Å²) in [5.74, 6) is 0. The smallest absolute Gasteiger partial charge is 0.0807 e. The first-order valence-electron chi connectivity index (χ1n) is 11.8. The van der Waals surface area contributed by atoms with Crippen molar-refractivity contribution in [1.82, 2.24) is 0 Å². The van der Waals surface area contributed by atoms with Crippen LogP contribution in [0.3, 0.4) is 0 Å². The van der Waals surface area contributed by atoms with E-state index in [0.717, 1.165) is 0 Å². The van der Waals surface area contributed by atoms with E-state index in [9.17, 15) is 0 Å². The van der Waals surface area contributed by atoms with Gasteiger partial charge in [-0.05, 0) is 143 Å². The van der Waals surface area contributed by atoms with E-state index < -0.39 is 0 Å². The molecule has 0 saturated heterocycles. The third-order valence-corrected chi connectivity index (χ3v) is 10.3. The molecular weight excluding hydrogens is 670 g/mol. The van der Waals surface area contributed by atoms with Crippen LogP contribution >= 0.6 is 56.5 Å². The third kappa shape index (κ3) is 2.95. The number of thiophene rings is 1. The van der Waals surface area contributed by atoms with Crippen molar-refractivity contribution in [2.75, 3.05) is 0 Å². The number of benzene rings is 4. The van der Waals surface area contributed by atoms with Crippen LogP contribution in [0.1, 0.15) is 46.5 Å². The Morgan fingerprint density at radius 3 is 1.83 bits per heavy atom. The van der Waals surface area contributed by atoms with Gasteiger partial charge in [-0.25, -0.2) is 0 Å². The van der Waals surface area contributed by atoms with Crippen LogP contribution < -0.4 is 0 Å². The minimum absolute atomic E-state index is 0.0226. The molecule has 1 atom stereocenters. The van der Waals surface area contributed by atoms with Crippen LogP contribution in [0.15, 0.2) is 96.4 Å². The minimum atomic E-state index is -0.313. The highest BCUT2D eigenvalue weighted by atomic mass is 127. The largest absolute Gasteiger partial charge is 0.147 e. The minimum Gasteiger partial charge on any atom is -0.147 e. The fraction of sp³-hybridized carbons (Fsp3) is 0.125. The van der Waals surface area contributed by atoms with Crippen molar-refractivity contribution < 1.29 is 0 Å². The Morgan fingerprint density at radius 2 is 1.14 bits per heavy atom. The first-order valence-corrected chi connectivity index (χ1v) is 14.9. The van der Waals surface area contributed by atoms with Gasteiger partial charge in [0.25, 0.3) is 0 Å². The van der Waals surface area contributed by atoms with Gasteiger partial charge in [-0.2, -0.15) is 0 Å². The molecule has 0 spiro atoms. The van der Waals surface area contributed by atoms with Crippen molar-refractivity contribution in [2.24, 2.45) is 0 Å². The topological polar surface area (TPSA) is 0 Å². The zero-order valence-corrected chi connectivity index (χ0v) is 24.5. The van der Waals surface area contributed by atoms with Crippen molar-refractivity contribution in [3.05, 3.63) is 136 Å². The molecule has 0 radical (unpaired) electrons. The third-order valence-electron chi connectivity index (χ3n) is 7.95. The zero-order valence-electron chi connectivity index (χ0n) is 19.4. The second-order valence-corrected chi connectivity index (χ2v) is 13.5. The van der Waals surface area contributed by atoms with Gasteiger partial charge in [0.1, 0.15) is 0 Å². The van der Waals surface area contributed by atoms with Crippen molar-refractivity contribution >= 4 is 56.5 Å². The lowest BCUT2D eigenvalue weighted by Crippen LogP contribution is -2.27. The molecule has 2 aliphatic carbocycles. The highest BCUT2D eigenvalue weighted by molar-refractivity contribution is 14.1. The zero-order chi connectivity index (χ0) is 23.9. The standard InChI is InChI=1S/C32H22I2S/c1-31(2)26-15-20(33)10-12-22(26)24-18-29-25(17-27(24)31)23-13-11-21(34)16-28(23)32(29,30-9-6-14-35-30)19-7-4-3-5-8-19/h3-18H,1-2H3. The van der Waals surface area contributed by atoms with E-state index in [1.54, 1.807) is 0 Å². The van der Waals surface area contributed by atoms with Crippen LogP contribution in [-0.2, 0) is 10.8 Å². The van der Waals surface area contributed by atoms with E-state index in [1.165, 1.54) is 62.1 Å². The molecule has 0 bridgehead atoms. The van der Waals surface area contributed by atoms with E-state index in [0.29, 0.717) is 0 Å². The Kier molecular flexibility index (Phi) is 4.94. The Morgan fingerprint density at radius 1 is 0.571 bits per heavy atom. The van der Waals surface area contributed by atoms with Crippen molar-refractivity contribution in [3.8, 4) is 22.3 Å². The highest BCUT2D eigenvalue weighted by Crippen LogP contribution is 2.60. The van der Waals surface area contributed by atoms with Gasteiger partial charge in [0.2, 0.25) is 0 Å². The van der Waals surface area contributed by atoms with Gasteiger partial charge in [0.05, 0.1) is 5.41 Å². The Hall–Kier alpha value is -1.96. The lowest BCUT2D eigenvalue weighted by molar-refractivity contribution is 0.659. The summed E-state index contributed by atoms with van der Waals surface area (Å²) < 4.78 is 2.57. The summed E-state index contributed by atoms with van der Waals surface area (Å²) >= 11 is 6.78. The van der Waals surface area contributed by atoms with E-state index in [-0.39, 0.29) is 10.8 Å². The predicted molar refractivity (Wildman–Crippen MR) is 165 cm³/mol. The second-order valence-electron chi connectivity index (χ2n) is 10.0. The fourth-order valence-corrected chi connectivity index (χ4v) is 8.35. The summed E-state index contributed by atoms with van der Waals surface area (Å²) in [6.07, 6.45) is 0. The van der Waals surface area contributed by atoms with Crippen molar-refractivity contribution in [1.29, 1.82) is 0 Å². The van der Waals surface area contributed by atoms with E-state index in [1.807, 2.05) is 11.3 Å². The molecule has 2 aliphatic rings. The van der Waals surface area contributed by atoms with Crippen LogP contribution in [0.25, 0.3) is 22.3 Å². The van der Waals surface area contributed by atoms with E-state index in [4.69, 9.17) is 0 Å². The van der Waals surface area contributed by atoms with Gasteiger partial charge >= 0.3 is 0 Å². The Bertz CT molecular complexity index is 1630. The Labute approximate surface area is 237 Å². The molecular formula is C32H22I2S. The highest BCUT2D eigenvalue weighted by Gasteiger charge is 2.49. The first-order chi connectivity index (χ1) is 16.9. The van der Waals surface area contributed by atoms with Crippen LogP contribution in [0.4, 0.5) is 0 Å². The fourth-order valence-electron chi connectivity index (χ4n) is 6.39. The molecule has 4 aromatic carbocycles. The average Bonchev–Trinajstić information content (AvgIpc) is 3.53. The number of fused-ring (bicyclic) bond motifs is 6. The molecule has 1 unspecified atom stereocenters. The molecule has 5 aromatic rings. The molecule has 1 heterocycles. The second kappa shape index (κ2) is 7.77. The lowest BCUT2D eigenvalue weighted by atomic mass is 9.70. The van der Waals surface area contributed by atoms with Gasteiger partial charge in [-0.3, -0.25) is 0 Å². The van der Waals surface area contributed by atoms with Gasteiger partial charge < -0.3 is 0 Å². The van der Waals surface area contributed by atoms with Crippen LogP contribution in [0.5, 0.6) is 0 Å². The SMILES string of the molecule is CC1(C)c2cc(I)ccc2-c2cc3c(cc21)-c1ccc(I)cc1C3(c1ccccc1)c1cccs1. The van der Waals surface area contributed by atoms with Crippen LogP contribution in [0, 0.1) is 7.14 Å². The monoisotopic (exact) mass is 692 g/mol. The molecule has 170 valence electrons. The molecule has 0 N–H and O–H groups in total. The molecule has 7 rings (SSSR count). The van der Waals surface area contributed by atoms with E-state index in [2.05, 4.69) is 155 Å². The maximum absolute atomic E-state index is 2.53. The first kappa shape index (κ1) is 22.3. The molecule has 1 aromatic heterocycles. The molecule has 0 amide bonds. The number of hydrogen-bond acceptors (Lipinski definition) is 1. The molecule has 3 heteroatoms. The quantitative estimate of drug-likeness (QED) is 0.159. The molecule has 35 heavy (non-hydrogen) atoms. The van der Waals surface area contributed by atoms with Gasteiger partial charge in [0, 0.05) is 17.4 Å². The summed E-state index contributed by atoms with van der Waals surface area (Å²) in [5.41, 5.74) is 12.2. The number of halogens is 2.